The third kappa shape index (κ3) is 8.81. The lowest BCUT2D eigenvalue weighted by Crippen LogP contribution is -2.20. The maximum absolute atomic E-state index is 4.37. The number of rotatable bonds is 12. The van der Waals surface area contributed by atoms with E-state index in [0.717, 1.165) is 18.9 Å². The zero-order chi connectivity index (χ0) is 20.3. The van der Waals surface area contributed by atoms with E-state index < -0.39 is 0 Å². The molecule has 1 aliphatic rings. The quantitative estimate of drug-likeness (QED) is 0.343. The minimum atomic E-state index is 0.441. The van der Waals surface area contributed by atoms with E-state index in [1.807, 2.05) is 0 Å². The zero-order valence-electron chi connectivity index (χ0n) is 19.3. The normalized spacial score (nSPS) is 25.0. The van der Waals surface area contributed by atoms with Crippen molar-refractivity contribution in [1.82, 2.24) is 5.32 Å². The van der Waals surface area contributed by atoms with Crippen LogP contribution in [0.25, 0.3) is 0 Å². The van der Waals surface area contributed by atoms with E-state index in [-0.39, 0.29) is 0 Å². The molecule has 0 aromatic carbocycles. The van der Waals surface area contributed by atoms with Crippen LogP contribution in [0.2, 0.25) is 0 Å². The van der Waals surface area contributed by atoms with Crippen molar-refractivity contribution in [2.45, 2.75) is 98.8 Å². The summed E-state index contributed by atoms with van der Waals surface area (Å²) in [6, 6.07) is 0. The first-order valence-electron chi connectivity index (χ1n) is 11.6. The van der Waals surface area contributed by atoms with Crippen molar-refractivity contribution in [1.29, 1.82) is 0 Å². The van der Waals surface area contributed by atoms with Gasteiger partial charge in [-0.3, -0.25) is 0 Å². The topological polar surface area (TPSA) is 12.0 Å². The average molecular weight is 374 g/mol. The lowest BCUT2D eigenvalue weighted by Gasteiger charge is -2.31. The van der Waals surface area contributed by atoms with Crippen LogP contribution in [-0.2, 0) is 0 Å². The summed E-state index contributed by atoms with van der Waals surface area (Å²) in [5.74, 6) is 1.44. The fourth-order valence-corrected chi connectivity index (χ4v) is 4.84. The molecule has 1 aliphatic carbocycles. The SMILES string of the molecule is C=C1CC(C)CC(C)/C1=C\C=C(/CC)CC(C)(CCCCC)CCCNC. The van der Waals surface area contributed by atoms with Crippen LogP contribution in [0.15, 0.2) is 35.5 Å². The van der Waals surface area contributed by atoms with Gasteiger partial charge in [-0.05, 0) is 81.4 Å². The minimum absolute atomic E-state index is 0.441. The van der Waals surface area contributed by atoms with Gasteiger partial charge in [0.15, 0.2) is 0 Å². The first kappa shape index (κ1) is 24.2. The minimum Gasteiger partial charge on any atom is -0.320 e. The lowest BCUT2D eigenvalue weighted by molar-refractivity contribution is 0.250. The molecule has 3 atom stereocenters. The molecule has 0 aromatic rings. The molecule has 1 rings (SSSR count). The molecule has 3 unspecified atom stereocenters. The predicted molar refractivity (Wildman–Crippen MR) is 123 cm³/mol. The van der Waals surface area contributed by atoms with Crippen molar-refractivity contribution in [2.24, 2.45) is 17.3 Å². The van der Waals surface area contributed by atoms with Gasteiger partial charge in [-0.25, -0.2) is 0 Å². The zero-order valence-corrected chi connectivity index (χ0v) is 19.3. The summed E-state index contributed by atoms with van der Waals surface area (Å²) in [6.45, 7) is 17.4. The van der Waals surface area contributed by atoms with Gasteiger partial charge in [0.05, 0.1) is 0 Å². The van der Waals surface area contributed by atoms with Crippen LogP contribution in [0, 0.1) is 17.3 Å². The highest BCUT2D eigenvalue weighted by molar-refractivity contribution is 5.36. The predicted octanol–water partition coefficient (Wildman–Crippen LogP) is 7.85. The molecule has 1 fully saturated rings. The number of unbranched alkanes of at least 4 members (excludes halogenated alkanes) is 2. The van der Waals surface area contributed by atoms with Crippen molar-refractivity contribution in [2.75, 3.05) is 13.6 Å². The van der Waals surface area contributed by atoms with Gasteiger partial charge in [-0.15, -0.1) is 0 Å². The van der Waals surface area contributed by atoms with Crippen LogP contribution < -0.4 is 5.32 Å². The van der Waals surface area contributed by atoms with Crippen LogP contribution in [0.5, 0.6) is 0 Å². The molecule has 0 heterocycles. The van der Waals surface area contributed by atoms with Gasteiger partial charge >= 0.3 is 0 Å². The fourth-order valence-electron chi connectivity index (χ4n) is 4.84. The van der Waals surface area contributed by atoms with Gasteiger partial charge < -0.3 is 5.32 Å². The average Bonchev–Trinajstić information content (AvgIpc) is 2.60. The molecule has 1 nitrogen and oxygen atoms in total. The van der Waals surface area contributed by atoms with Crippen molar-refractivity contribution in [3.05, 3.63) is 35.5 Å². The van der Waals surface area contributed by atoms with Crippen LogP contribution >= 0.6 is 0 Å². The molecule has 0 spiro atoms. The number of hydrogen-bond acceptors (Lipinski definition) is 1. The standard InChI is InChI=1S/C26H47N/c1-8-10-11-15-26(6,16-12-17-27-7)20-24(9-2)13-14-25-22(4)18-21(3)19-23(25)5/h13-14,21,23,27H,4,8-12,15-20H2,1-3,5-7H3/b24-13+,25-14-. The molecule has 1 saturated carbocycles. The smallest absolute Gasteiger partial charge is 0.00517 e. The maximum Gasteiger partial charge on any atom is -0.00517 e. The number of nitrogens with one attached hydrogen (secondary N) is 1. The van der Waals surface area contributed by atoms with Crippen LogP contribution in [0.1, 0.15) is 98.8 Å². The Labute approximate surface area is 170 Å². The Kier molecular flexibility index (Phi) is 11.3. The second-order valence-electron chi connectivity index (χ2n) is 9.50. The molecule has 0 aromatic heterocycles. The van der Waals surface area contributed by atoms with E-state index in [4.69, 9.17) is 0 Å². The molecule has 1 N–H and O–H groups in total. The third-order valence-electron chi connectivity index (χ3n) is 6.49. The van der Waals surface area contributed by atoms with Gasteiger partial charge in [0.2, 0.25) is 0 Å². The summed E-state index contributed by atoms with van der Waals surface area (Å²) in [6.07, 6.45) is 17.8. The van der Waals surface area contributed by atoms with Gasteiger partial charge in [-0.1, -0.05) is 83.8 Å². The van der Waals surface area contributed by atoms with Crippen molar-refractivity contribution >= 4 is 0 Å². The first-order chi connectivity index (χ1) is 12.8. The molecule has 27 heavy (non-hydrogen) atoms. The number of allylic oxidation sites excluding steroid dienone is 5. The van der Waals surface area contributed by atoms with Crippen LogP contribution in [-0.4, -0.2) is 13.6 Å². The van der Waals surface area contributed by atoms with E-state index in [1.165, 1.54) is 68.9 Å². The van der Waals surface area contributed by atoms with Crippen molar-refractivity contribution in [3.8, 4) is 0 Å². The van der Waals surface area contributed by atoms with E-state index >= 15 is 0 Å². The van der Waals surface area contributed by atoms with E-state index in [2.05, 4.69) is 65.7 Å². The molecule has 156 valence electrons. The molecule has 1 heteroatoms. The summed E-state index contributed by atoms with van der Waals surface area (Å²) in [5.41, 5.74) is 4.93. The Morgan fingerprint density at radius 2 is 1.89 bits per heavy atom. The molecule has 0 saturated heterocycles. The van der Waals surface area contributed by atoms with Gasteiger partial charge in [0, 0.05) is 0 Å². The Hall–Kier alpha value is -0.820. The number of hydrogen-bond donors (Lipinski definition) is 1. The first-order valence-corrected chi connectivity index (χ1v) is 11.6. The summed E-state index contributed by atoms with van der Waals surface area (Å²) in [7, 11) is 2.07. The molecule has 0 radical (unpaired) electrons. The fraction of sp³-hybridized carbons (Fsp3) is 0.769. The molecule has 0 aliphatic heterocycles. The second-order valence-corrected chi connectivity index (χ2v) is 9.50. The molecular formula is C26H47N. The van der Waals surface area contributed by atoms with E-state index in [0.29, 0.717) is 11.3 Å². The lowest BCUT2D eigenvalue weighted by atomic mass is 9.74. The Balaban J connectivity index is 2.86. The Morgan fingerprint density at radius 1 is 1.19 bits per heavy atom. The van der Waals surface area contributed by atoms with Crippen LogP contribution in [0.4, 0.5) is 0 Å². The third-order valence-corrected chi connectivity index (χ3v) is 6.49. The summed E-state index contributed by atoms with van der Waals surface area (Å²) in [5, 5.41) is 3.32. The highest BCUT2D eigenvalue weighted by Crippen LogP contribution is 2.39. The molecule has 0 bridgehead atoms. The summed E-state index contributed by atoms with van der Waals surface area (Å²) < 4.78 is 0. The summed E-state index contributed by atoms with van der Waals surface area (Å²) in [4.78, 5) is 0. The Morgan fingerprint density at radius 3 is 2.48 bits per heavy atom. The van der Waals surface area contributed by atoms with Gasteiger partial charge in [-0.2, -0.15) is 0 Å². The molecule has 0 amide bonds. The summed E-state index contributed by atoms with van der Waals surface area (Å²) >= 11 is 0. The highest BCUT2D eigenvalue weighted by Gasteiger charge is 2.25. The van der Waals surface area contributed by atoms with Gasteiger partial charge in [0.1, 0.15) is 0 Å². The Bertz CT molecular complexity index is 486. The molecular weight excluding hydrogens is 326 g/mol. The maximum atomic E-state index is 4.37. The largest absolute Gasteiger partial charge is 0.320 e. The van der Waals surface area contributed by atoms with E-state index in [1.54, 1.807) is 5.57 Å². The monoisotopic (exact) mass is 373 g/mol. The van der Waals surface area contributed by atoms with Crippen molar-refractivity contribution < 1.29 is 0 Å². The second kappa shape index (κ2) is 12.6. The van der Waals surface area contributed by atoms with Gasteiger partial charge in [0.25, 0.3) is 0 Å². The van der Waals surface area contributed by atoms with Crippen molar-refractivity contribution in [3.63, 3.8) is 0 Å². The van der Waals surface area contributed by atoms with Crippen LogP contribution in [0.3, 0.4) is 0 Å². The highest BCUT2D eigenvalue weighted by atomic mass is 14.8. The van der Waals surface area contributed by atoms with E-state index in [9.17, 15) is 0 Å².